The molecule has 23 nitrogen and oxygen atoms in total. The molecular weight excluding hydrogens is 1220 g/mol. The van der Waals surface area contributed by atoms with Gasteiger partial charge in [0.2, 0.25) is 11.9 Å². The maximum absolute atomic E-state index is 10.4. The first-order valence-electron chi connectivity index (χ1n) is 27.3. The van der Waals surface area contributed by atoms with E-state index in [1.807, 2.05) is 86.0 Å². The summed E-state index contributed by atoms with van der Waals surface area (Å²) in [5.74, 6) is 2.10. The summed E-state index contributed by atoms with van der Waals surface area (Å²) in [6, 6.07) is 38.6. The van der Waals surface area contributed by atoms with Gasteiger partial charge in [0.05, 0.1) is 120 Å². The van der Waals surface area contributed by atoms with Crippen LogP contribution in [0.4, 0.5) is 34.8 Å². The van der Waals surface area contributed by atoms with Gasteiger partial charge in [-0.05, 0) is 73.5 Å². The van der Waals surface area contributed by atoms with E-state index >= 15 is 0 Å². The zero-order valence-electron chi connectivity index (χ0n) is 48.3. The number of morpholine rings is 2. The van der Waals surface area contributed by atoms with Gasteiger partial charge in [-0.2, -0.15) is 15.2 Å². The van der Waals surface area contributed by atoms with Crippen molar-refractivity contribution in [3.63, 3.8) is 0 Å². The molecule has 0 saturated carbocycles. The van der Waals surface area contributed by atoms with Gasteiger partial charge in [0.1, 0.15) is 11.0 Å². The van der Waals surface area contributed by atoms with Crippen LogP contribution in [-0.2, 0) is 44.0 Å². The van der Waals surface area contributed by atoms with Gasteiger partial charge < -0.3 is 52.7 Å². The van der Waals surface area contributed by atoms with Crippen molar-refractivity contribution in [1.82, 2.24) is 69.4 Å². The first kappa shape index (κ1) is 61.9. The number of hydrogen-bond acceptors (Lipinski definition) is 17. The van der Waals surface area contributed by atoms with Gasteiger partial charge in [0, 0.05) is 124 Å². The Labute approximate surface area is 520 Å². The molecule has 2 aliphatic heterocycles. The van der Waals surface area contributed by atoms with Crippen molar-refractivity contribution < 1.29 is 34.8 Å². The number of hydrogen-bond donors (Lipinski definition) is 5. The number of H-pyrrole nitrogens is 3. The molecule has 2 fully saturated rings. The Balaban J connectivity index is 0.000000150. The van der Waals surface area contributed by atoms with Gasteiger partial charge >= 0.3 is 0 Å². The number of non-ortho nitro benzene ring substituents is 1. The molecule has 0 spiro atoms. The number of imidazole rings is 3. The average Bonchev–Trinajstić information content (AvgIpc) is 4.51. The molecular formula is C62H63ClN19O4Pd-. The molecule has 5 aromatic carbocycles. The summed E-state index contributed by atoms with van der Waals surface area (Å²) in [5.41, 5.74) is 21.2. The average molecular weight is 1280 g/mol. The van der Waals surface area contributed by atoms with E-state index < -0.39 is 4.92 Å². The van der Waals surface area contributed by atoms with Crippen LogP contribution in [0.25, 0.3) is 78.1 Å². The molecule has 0 bridgehead atoms. The minimum atomic E-state index is -0.420. The fourth-order valence-corrected chi connectivity index (χ4v) is 9.93. The number of nitro groups is 1. The number of benzene rings is 5. The second kappa shape index (κ2) is 28.5. The Morgan fingerprint density at radius 1 is 0.563 bits per heavy atom. The van der Waals surface area contributed by atoms with Crippen molar-refractivity contribution in [3.05, 3.63) is 193 Å². The predicted molar refractivity (Wildman–Crippen MR) is 337 cm³/mol. The van der Waals surface area contributed by atoms with Crippen LogP contribution in [0, 0.1) is 31.4 Å². The van der Waals surface area contributed by atoms with E-state index in [4.69, 9.17) is 41.8 Å². The number of fused-ring (bicyclic) bond motifs is 2. The number of nitrogens with zero attached hydrogens (tertiary/aromatic N) is 14. The molecule has 7 aromatic heterocycles. The largest absolute Gasteiger partial charge is 0.399 e. The minimum absolute atomic E-state index is 0. The quantitative estimate of drug-likeness (QED) is 0.0212. The molecule has 0 atom stereocenters. The van der Waals surface area contributed by atoms with Crippen LogP contribution in [0.3, 0.4) is 0 Å². The van der Waals surface area contributed by atoms with Crippen LogP contribution in [0.1, 0.15) is 11.4 Å². The predicted octanol–water partition coefficient (Wildman–Crippen LogP) is 11.2. The Morgan fingerprint density at radius 2 is 0.977 bits per heavy atom. The number of nitrogen functional groups attached to an aromatic ring is 1. The van der Waals surface area contributed by atoms with Gasteiger partial charge in [-0.3, -0.25) is 19.5 Å². The van der Waals surface area contributed by atoms with Gasteiger partial charge in [0.25, 0.3) is 5.69 Å². The Bertz CT molecular complexity index is 4170. The van der Waals surface area contributed by atoms with Gasteiger partial charge in [-0.15, -0.1) is 0 Å². The second-order valence-corrected chi connectivity index (χ2v) is 20.3. The smallest absolute Gasteiger partial charge is 0.269 e. The Hall–Kier alpha value is -9.70. The van der Waals surface area contributed by atoms with E-state index in [1.165, 1.54) is 12.1 Å². The van der Waals surface area contributed by atoms with Crippen molar-refractivity contribution in [2.45, 2.75) is 13.8 Å². The van der Waals surface area contributed by atoms with E-state index in [0.717, 1.165) is 133 Å². The topological polar surface area (TPSA) is 279 Å². The summed E-state index contributed by atoms with van der Waals surface area (Å²) in [7, 11) is 3.92. The van der Waals surface area contributed by atoms with Crippen molar-refractivity contribution in [1.29, 1.82) is 0 Å². The fraction of sp³-hybridized carbons (Fsp3) is 0.194. The van der Waals surface area contributed by atoms with E-state index in [1.54, 1.807) is 49.6 Å². The van der Waals surface area contributed by atoms with Gasteiger partial charge in [-0.1, -0.05) is 60.1 Å². The minimum Gasteiger partial charge on any atom is -0.399 e. The molecule has 448 valence electrons. The third-order valence-electron chi connectivity index (χ3n) is 14.2. The number of nitro benzene ring substituents is 1. The fourth-order valence-electron chi connectivity index (χ4n) is 9.75. The molecule has 0 radical (unpaired) electrons. The Morgan fingerprint density at radius 3 is 1.41 bits per heavy atom. The summed E-state index contributed by atoms with van der Waals surface area (Å²) in [6.45, 7) is 9.85. The number of rotatable bonds is 10. The van der Waals surface area contributed by atoms with Crippen LogP contribution < -0.4 is 20.9 Å². The first-order chi connectivity index (χ1) is 41.4. The standard InChI is InChI=1S/C26H26N8O.C17H18ClN5O.C9H7N3O2.C9H9N3.CH3.Pd/c1-17-21-8-5-19(13-24(21)33(2)32-17)22-14-25(31-26(30-22)34-9-11-35-12-10-34)29-20-6-3-18(4-7-20)23-15-27-16-28-23;1-11-13-4-3-12(9-15(13)22(2)21-11)14-10-16(18)20-17(19-14)23-5-7-24-8-6-23;13-12(14)8-3-1-7(2-4-8)9-5-10-6-11-9;10-8-3-1-7(2-4-8)9-5-11-6-12-9;;/h3-8,13-16H,9-12H2,1-2H3,(H,27,28)(H,29,30,31);3-4,9-10H,5-8H2,1-2H3;1-6H,(H,10,11);1-6H,10H2,(H,11,12);1H3;/q;;;;-1;. The number of anilines is 5. The van der Waals surface area contributed by atoms with Crippen molar-refractivity contribution in [2.24, 2.45) is 14.1 Å². The van der Waals surface area contributed by atoms with Crippen molar-refractivity contribution in [3.8, 4) is 56.3 Å². The SMILES string of the molecule is Cc1nn(C)c2cc(-c3cc(Cl)nc(N4CCOCC4)n3)ccc12.Cc1nn(C)c2cc(-c3cc(Nc4ccc(-c5cnc[nH]5)cc4)nc(N4CCOCC4)n3)ccc12.Nc1ccc(-c2cnc[nH]2)cc1.O=[N+]([O-])c1ccc(-c2cnc[nH]2)cc1.[CH3-].[Pd]. The third kappa shape index (κ3) is 15.1. The molecule has 6 N–H and O–H groups in total. The first-order valence-corrected chi connectivity index (χ1v) is 27.7. The number of nitrogens with two attached hydrogens (primary N) is 1. The molecule has 0 unspecified atom stereocenters. The molecule has 9 heterocycles. The molecule has 87 heavy (non-hydrogen) atoms. The summed E-state index contributed by atoms with van der Waals surface area (Å²) < 4.78 is 14.7. The molecule has 2 saturated heterocycles. The number of aromatic amines is 3. The van der Waals surface area contributed by atoms with E-state index in [0.29, 0.717) is 43.5 Å². The zero-order chi connectivity index (χ0) is 58.8. The van der Waals surface area contributed by atoms with Crippen LogP contribution in [0.2, 0.25) is 5.15 Å². The molecule has 2 aliphatic rings. The molecule has 14 rings (SSSR count). The summed E-state index contributed by atoms with van der Waals surface area (Å²) in [6.07, 6.45) is 10.2. The van der Waals surface area contributed by atoms with Gasteiger partial charge in [-0.25, -0.2) is 29.9 Å². The van der Waals surface area contributed by atoms with Crippen molar-refractivity contribution >= 4 is 68.2 Å². The second-order valence-electron chi connectivity index (χ2n) is 19.9. The molecule has 25 heteroatoms. The third-order valence-corrected chi connectivity index (χ3v) is 14.4. The molecule has 0 aliphatic carbocycles. The number of halogens is 1. The van der Waals surface area contributed by atoms with Crippen molar-refractivity contribution in [2.75, 3.05) is 73.5 Å². The number of aryl methyl sites for hydroxylation is 4. The maximum Gasteiger partial charge on any atom is 0.269 e. The maximum atomic E-state index is 10.4. The number of aromatic nitrogens is 14. The van der Waals surface area contributed by atoms with E-state index in [9.17, 15) is 10.1 Å². The van der Waals surface area contributed by atoms with Gasteiger partial charge in [0.15, 0.2) is 0 Å². The summed E-state index contributed by atoms with van der Waals surface area (Å²) >= 11 is 6.25. The summed E-state index contributed by atoms with van der Waals surface area (Å²) in [4.78, 5) is 54.1. The van der Waals surface area contributed by atoms with Crippen LogP contribution in [-0.4, -0.2) is 127 Å². The summed E-state index contributed by atoms with van der Waals surface area (Å²) in [5, 5.41) is 25.6. The van der Waals surface area contributed by atoms with Crippen LogP contribution >= 0.6 is 11.6 Å². The monoisotopic (exact) mass is 1280 g/mol. The van der Waals surface area contributed by atoms with Crippen LogP contribution in [0.15, 0.2) is 159 Å². The number of ether oxygens (including phenoxy) is 2. The molecule has 0 amide bonds. The Kier molecular flexibility index (Phi) is 20.2. The molecule has 12 aromatic rings. The normalized spacial score (nSPS) is 12.8. The van der Waals surface area contributed by atoms with E-state index in [2.05, 4.69) is 109 Å². The zero-order valence-corrected chi connectivity index (χ0v) is 50.6. The van der Waals surface area contributed by atoms with Crippen LogP contribution in [0.5, 0.6) is 0 Å². The number of nitrogens with one attached hydrogen (secondary N) is 4. The van der Waals surface area contributed by atoms with E-state index in [-0.39, 0.29) is 33.5 Å².